The Morgan fingerprint density at radius 2 is 2.26 bits per heavy atom. The lowest BCUT2D eigenvalue weighted by Crippen LogP contribution is -2.00. The van der Waals surface area contributed by atoms with Crippen LogP contribution in [0.5, 0.6) is 0 Å². The molecule has 0 unspecified atom stereocenters. The molecule has 0 N–H and O–H groups in total. The van der Waals surface area contributed by atoms with Crippen LogP contribution >= 0.6 is 15.9 Å². The van der Waals surface area contributed by atoms with Crippen molar-refractivity contribution in [3.63, 3.8) is 0 Å². The van der Waals surface area contributed by atoms with Gasteiger partial charge in [-0.05, 0) is 17.7 Å². The van der Waals surface area contributed by atoms with Crippen LogP contribution in [0.1, 0.15) is 17.3 Å². The molecule has 0 saturated heterocycles. The van der Waals surface area contributed by atoms with E-state index in [0.29, 0.717) is 24.7 Å². The number of rotatable bonds is 4. The minimum absolute atomic E-state index is 0.436. The van der Waals surface area contributed by atoms with E-state index in [2.05, 4.69) is 36.2 Å². The van der Waals surface area contributed by atoms with Crippen molar-refractivity contribution < 1.29 is 4.52 Å². The smallest absolute Gasteiger partial charge is 0.248 e. The molecule has 96 valence electrons. The van der Waals surface area contributed by atoms with Gasteiger partial charge in [-0.15, -0.1) is 0 Å². The third-order valence-corrected chi connectivity index (χ3v) is 3.02. The first-order valence-electron chi connectivity index (χ1n) is 5.68. The minimum atomic E-state index is 0.436. The molecule has 0 atom stereocenters. The molecule has 0 bridgehead atoms. The van der Waals surface area contributed by atoms with Crippen molar-refractivity contribution in [1.82, 2.24) is 24.9 Å². The molecule has 19 heavy (non-hydrogen) atoms. The number of aromatic nitrogens is 5. The maximum Gasteiger partial charge on any atom is 0.248 e. The third-order valence-electron chi connectivity index (χ3n) is 2.53. The molecule has 0 spiro atoms. The summed E-state index contributed by atoms with van der Waals surface area (Å²) in [5.74, 6) is 1.18. The predicted molar refractivity (Wildman–Crippen MR) is 70.4 cm³/mol. The lowest BCUT2D eigenvalue weighted by atomic mass is 10.1. The van der Waals surface area contributed by atoms with Gasteiger partial charge in [-0.2, -0.15) is 10.1 Å². The largest absolute Gasteiger partial charge is 0.337 e. The van der Waals surface area contributed by atoms with Gasteiger partial charge in [0.25, 0.3) is 0 Å². The summed E-state index contributed by atoms with van der Waals surface area (Å²) in [4.78, 5) is 8.19. The number of hydrogen-bond donors (Lipinski definition) is 0. The van der Waals surface area contributed by atoms with Crippen molar-refractivity contribution in [1.29, 1.82) is 0 Å². The zero-order chi connectivity index (χ0) is 13.1. The molecular weight excluding hydrogens is 310 g/mol. The molecule has 0 aliphatic carbocycles. The van der Waals surface area contributed by atoms with Gasteiger partial charge in [0.05, 0.1) is 0 Å². The highest BCUT2D eigenvalue weighted by atomic mass is 79.9. The molecule has 2 aromatic heterocycles. The van der Waals surface area contributed by atoms with Crippen LogP contribution < -0.4 is 0 Å². The zero-order valence-corrected chi connectivity index (χ0v) is 11.5. The first-order chi connectivity index (χ1) is 9.29. The van der Waals surface area contributed by atoms with Gasteiger partial charge in [0, 0.05) is 10.9 Å². The number of nitrogens with zero attached hydrogens (tertiary/aromatic N) is 5. The number of benzene rings is 1. The monoisotopic (exact) mass is 319 g/mol. The average molecular weight is 320 g/mol. The van der Waals surface area contributed by atoms with Crippen LogP contribution in [0.4, 0.5) is 0 Å². The Kier molecular flexibility index (Phi) is 3.37. The second-order valence-corrected chi connectivity index (χ2v) is 4.92. The fourth-order valence-electron chi connectivity index (χ4n) is 1.71. The summed E-state index contributed by atoms with van der Waals surface area (Å²) in [6.07, 6.45) is 3.72. The van der Waals surface area contributed by atoms with Crippen molar-refractivity contribution in [2.45, 2.75) is 13.0 Å². The maximum absolute atomic E-state index is 5.18. The fourth-order valence-corrected chi connectivity index (χ4v) is 2.16. The lowest BCUT2D eigenvalue weighted by molar-refractivity contribution is 0.361. The van der Waals surface area contributed by atoms with Gasteiger partial charge >= 0.3 is 0 Å². The van der Waals surface area contributed by atoms with E-state index in [1.54, 1.807) is 11.0 Å². The molecule has 0 amide bonds. The summed E-state index contributed by atoms with van der Waals surface area (Å²) in [6, 6.07) is 8.03. The van der Waals surface area contributed by atoms with Gasteiger partial charge in [-0.3, -0.25) is 0 Å². The molecule has 1 aromatic carbocycles. The average Bonchev–Trinajstić information content (AvgIpc) is 3.02. The molecule has 7 heteroatoms. The molecule has 0 aliphatic rings. The SMILES string of the molecule is Brc1cccc(Cc2noc(Cn3cncn3)n2)c1. The molecule has 6 nitrogen and oxygen atoms in total. The molecule has 3 rings (SSSR count). The first kappa shape index (κ1) is 12.0. The second-order valence-electron chi connectivity index (χ2n) is 4.00. The minimum Gasteiger partial charge on any atom is -0.337 e. The molecule has 0 saturated carbocycles. The van der Waals surface area contributed by atoms with Gasteiger partial charge in [0.2, 0.25) is 5.89 Å². The van der Waals surface area contributed by atoms with Crippen LogP contribution in [0, 0.1) is 0 Å². The molecular formula is C12H10BrN5O. The van der Waals surface area contributed by atoms with E-state index in [1.807, 2.05) is 24.3 Å². The topological polar surface area (TPSA) is 69.6 Å². The highest BCUT2D eigenvalue weighted by molar-refractivity contribution is 9.10. The Balaban J connectivity index is 1.71. The van der Waals surface area contributed by atoms with Gasteiger partial charge in [-0.1, -0.05) is 33.2 Å². The number of halogens is 1. The van der Waals surface area contributed by atoms with E-state index in [1.165, 1.54) is 6.33 Å². The van der Waals surface area contributed by atoms with Crippen molar-refractivity contribution in [2.75, 3.05) is 0 Å². The molecule has 2 heterocycles. The molecule has 0 fully saturated rings. The van der Waals surface area contributed by atoms with Crippen LogP contribution in [0.25, 0.3) is 0 Å². The summed E-state index contributed by atoms with van der Waals surface area (Å²) in [5.41, 5.74) is 1.13. The van der Waals surface area contributed by atoms with E-state index >= 15 is 0 Å². The normalized spacial score (nSPS) is 10.8. The van der Waals surface area contributed by atoms with E-state index in [9.17, 15) is 0 Å². The van der Waals surface area contributed by atoms with Crippen molar-refractivity contribution in [3.05, 3.63) is 58.7 Å². The summed E-state index contributed by atoms with van der Waals surface area (Å²) in [5, 5.41) is 7.95. The van der Waals surface area contributed by atoms with Crippen LogP contribution in [-0.4, -0.2) is 24.9 Å². The molecule has 0 aliphatic heterocycles. The summed E-state index contributed by atoms with van der Waals surface area (Å²) in [7, 11) is 0. The van der Waals surface area contributed by atoms with Crippen molar-refractivity contribution in [3.8, 4) is 0 Å². The Hall–Kier alpha value is -2.02. The Labute approximate surface area is 117 Å². The lowest BCUT2D eigenvalue weighted by Gasteiger charge is -1.97. The van der Waals surface area contributed by atoms with E-state index in [4.69, 9.17) is 4.52 Å². The Morgan fingerprint density at radius 3 is 3.05 bits per heavy atom. The van der Waals surface area contributed by atoms with Crippen molar-refractivity contribution in [2.24, 2.45) is 0 Å². The first-order valence-corrected chi connectivity index (χ1v) is 6.47. The van der Waals surface area contributed by atoms with Gasteiger partial charge in [-0.25, -0.2) is 9.67 Å². The second kappa shape index (κ2) is 5.31. The quantitative estimate of drug-likeness (QED) is 0.736. The Morgan fingerprint density at radius 1 is 1.32 bits per heavy atom. The molecule has 3 aromatic rings. The highest BCUT2D eigenvalue weighted by Gasteiger charge is 2.08. The predicted octanol–water partition coefficient (Wildman–Crippen LogP) is 2.06. The third kappa shape index (κ3) is 3.05. The van der Waals surface area contributed by atoms with Gasteiger partial charge in [0.1, 0.15) is 19.2 Å². The summed E-state index contributed by atoms with van der Waals surface area (Å²) < 4.78 is 7.85. The molecule has 0 radical (unpaired) electrons. The number of hydrogen-bond acceptors (Lipinski definition) is 5. The van der Waals surface area contributed by atoms with Crippen LogP contribution in [0.15, 0.2) is 45.9 Å². The Bertz CT molecular complexity index is 664. The van der Waals surface area contributed by atoms with Crippen molar-refractivity contribution >= 4 is 15.9 Å². The fraction of sp³-hybridized carbons (Fsp3) is 0.167. The van der Waals surface area contributed by atoms with Gasteiger partial charge in [0.15, 0.2) is 5.82 Å². The highest BCUT2D eigenvalue weighted by Crippen LogP contribution is 2.14. The van der Waals surface area contributed by atoms with E-state index in [0.717, 1.165) is 10.0 Å². The van der Waals surface area contributed by atoms with E-state index in [-0.39, 0.29) is 0 Å². The van der Waals surface area contributed by atoms with Crippen LogP contribution in [0.3, 0.4) is 0 Å². The standard InChI is InChI=1S/C12H10BrN5O/c13-10-3-1-2-9(4-10)5-11-16-12(19-17-11)6-18-8-14-7-15-18/h1-4,7-8H,5-6H2. The maximum atomic E-state index is 5.18. The van der Waals surface area contributed by atoms with Crippen LogP contribution in [-0.2, 0) is 13.0 Å². The summed E-state index contributed by atoms with van der Waals surface area (Å²) >= 11 is 3.44. The van der Waals surface area contributed by atoms with E-state index < -0.39 is 0 Å². The van der Waals surface area contributed by atoms with Crippen LogP contribution in [0.2, 0.25) is 0 Å². The summed E-state index contributed by atoms with van der Waals surface area (Å²) in [6.45, 7) is 0.436. The zero-order valence-electron chi connectivity index (χ0n) is 9.90. The van der Waals surface area contributed by atoms with Gasteiger partial charge < -0.3 is 4.52 Å².